The summed E-state index contributed by atoms with van der Waals surface area (Å²) < 4.78 is 6.95. The van der Waals surface area contributed by atoms with Gasteiger partial charge >= 0.3 is 0 Å². The molecule has 29 heavy (non-hydrogen) atoms. The van der Waals surface area contributed by atoms with E-state index in [-0.39, 0.29) is 11.8 Å². The molecule has 2 aromatic heterocycles. The first-order valence-corrected chi connectivity index (χ1v) is 9.87. The molecule has 0 bridgehead atoms. The highest BCUT2D eigenvalue weighted by molar-refractivity contribution is 7.21. The first-order valence-electron chi connectivity index (χ1n) is 9.06. The average Bonchev–Trinajstić information content (AvgIpc) is 3.28. The van der Waals surface area contributed by atoms with Crippen molar-refractivity contribution in [2.75, 3.05) is 23.7 Å². The average molecular weight is 404 g/mol. The van der Waals surface area contributed by atoms with E-state index in [1.807, 2.05) is 18.2 Å². The number of oxazole rings is 1. The van der Waals surface area contributed by atoms with Crippen molar-refractivity contribution < 1.29 is 14.0 Å². The van der Waals surface area contributed by atoms with E-state index in [2.05, 4.69) is 27.5 Å². The maximum atomic E-state index is 12.3. The third kappa shape index (κ3) is 2.94. The van der Waals surface area contributed by atoms with Crippen LogP contribution < -0.4 is 16.0 Å². The number of fused-ring (bicyclic) bond motifs is 4. The molecule has 0 atom stereocenters. The zero-order valence-electron chi connectivity index (χ0n) is 15.2. The molecule has 8 heteroatoms. The molecular formula is C21H16N4O3S. The van der Waals surface area contributed by atoms with E-state index in [4.69, 9.17) is 4.42 Å². The van der Waals surface area contributed by atoms with Crippen LogP contribution >= 0.6 is 11.3 Å². The van der Waals surface area contributed by atoms with Crippen molar-refractivity contribution in [3.63, 3.8) is 0 Å². The molecule has 0 unspecified atom stereocenters. The van der Waals surface area contributed by atoms with Gasteiger partial charge in [0.1, 0.15) is 10.4 Å². The Hall–Kier alpha value is -3.65. The monoisotopic (exact) mass is 404 g/mol. The summed E-state index contributed by atoms with van der Waals surface area (Å²) in [6.07, 6.45) is 1.21. The highest BCUT2D eigenvalue weighted by atomic mass is 32.1. The van der Waals surface area contributed by atoms with Crippen molar-refractivity contribution in [2.45, 2.75) is 0 Å². The predicted molar refractivity (Wildman–Crippen MR) is 114 cm³/mol. The number of aromatic nitrogens is 1. The molecule has 2 aromatic carbocycles. The van der Waals surface area contributed by atoms with E-state index >= 15 is 0 Å². The fraction of sp³-hybridized carbons (Fsp3) is 0.0952. The van der Waals surface area contributed by atoms with Crippen LogP contribution in [0.15, 0.2) is 53.5 Å². The summed E-state index contributed by atoms with van der Waals surface area (Å²) in [5.74, 6) is 0.0752. The van der Waals surface area contributed by atoms with Gasteiger partial charge in [-0.1, -0.05) is 12.6 Å². The van der Waals surface area contributed by atoms with Gasteiger partial charge in [0.25, 0.3) is 5.91 Å². The second-order valence-corrected chi connectivity index (χ2v) is 7.62. The summed E-state index contributed by atoms with van der Waals surface area (Å²) in [4.78, 5) is 29.2. The molecule has 0 radical (unpaired) electrons. The lowest BCUT2D eigenvalue weighted by atomic mass is 10.1. The Bertz CT molecular complexity index is 1300. The summed E-state index contributed by atoms with van der Waals surface area (Å²) in [5, 5.41) is 9.93. The number of benzene rings is 2. The van der Waals surface area contributed by atoms with E-state index in [0.29, 0.717) is 40.6 Å². The van der Waals surface area contributed by atoms with Gasteiger partial charge in [-0.25, -0.2) is 4.98 Å². The van der Waals surface area contributed by atoms with Crippen molar-refractivity contribution in [1.82, 2.24) is 10.3 Å². The third-order valence-corrected chi connectivity index (χ3v) is 5.89. The molecule has 144 valence electrons. The lowest BCUT2D eigenvalue weighted by Gasteiger charge is -2.02. The Labute approximate surface area is 169 Å². The van der Waals surface area contributed by atoms with Gasteiger partial charge < -0.3 is 20.4 Å². The number of rotatable bonds is 3. The molecule has 3 N–H and O–H groups in total. The molecule has 1 aliphatic rings. The number of hydrogen-bond donors (Lipinski definition) is 3. The first kappa shape index (κ1) is 17.4. The molecule has 0 saturated carbocycles. The number of nitrogens with zero attached hydrogens (tertiary/aromatic N) is 1. The fourth-order valence-corrected chi connectivity index (χ4v) is 4.44. The Balaban J connectivity index is 1.62. The smallest absolute Gasteiger partial charge is 0.263 e. The van der Waals surface area contributed by atoms with Crippen LogP contribution in [0, 0.1) is 0 Å². The minimum Gasteiger partial charge on any atom is -0.436 e. The highest BCUT2D eigenvalue weighted by Gasteiger charge is 2.21. The topological polar surface area (TPSA) is 96.3 Å². The van der Waals surface area contributed by atoms with Crippen molar-refractivity contribution >= 4 is 55.7 Å². The summed E-state index contributed by atoms with van der Waals surface area (Å²) in [7, 11) is 0. The fourth-order valence-electron chi connectivity index (χ4n) is 3.37. The second-order valence-electron chi connectivity index (χ2n) is 6.56. The molecule has 5 rings (SSSR count). The van der Waals surface area contributed by atoms with Crippen molar-refractivity contribution in [3.05, 3.63) is 53.9 Å². The van der Waals surface area contributed by atoms with Crippen LogP contribution in [0.3, 0.4) is 0 Å². The third-order valence-electron chi connectivity index (χ3n) is 4.72. The number of nitrogens with one attached hydrogen (secondary N) is 3. The molecule has 2 amide bonds. The van der Waals surface area contributed by atoms with Crippen LogP contribution in [0.25, 0.3) is 32.6 Å². The van der Waals surface area contributed by atoms with Crippen LogP contribution in [0.4, 0.5) is 11.4 Å². The van der Waals surface area contributed by atoms with Crippen LogP contribution in [0.5, 0.6) is 0 Å². The Morgan fingerprint density at radius 1 is 1.24 bits per heavy atom. The zero-order chi connectivity index (χ0) is 20.0. The van der Waals surface area contributed by atoms with Gasteiger partial charge in [0.2, 0.25) is 11.8 Å². The first-order chi connectivity index (χ1) is 14.1. The zero-order valence-corrected chi connectivity index (χ0v) is 16.1. The molecule has 4 aromatic rings. The highest BCUT2D eigenvalue weighted by Crippen LogP contribution is 2.39. The molecule has 1 aliphatic heterocycles. The Morgan fingerprint density at radius 3 is 2.97 bits per heavy atom. The molecule has 0 aliphatic carbocycles. The van der Waals surface area contributed by atoms with E-state index < -0.39 is 0 Å². The second kappa shape index (κ2) is 6.75. The van der Waals surface area contributed by atoms with Crippen molar-refractivity contribution in [1.29, 1.82) is 0 Å². The van der Waals surface area contributed by atoms with Crippen LogP contribution in [0.1, 0.15) is 9.67 Å². The quantitative estimate of drug-likeness (QED) is 0.449. The maximum absolute atomic E-state index is 12.3. The minimum absolute atomic E-state index is 0.0581. The van der Waals surface area contributed by atoms with Gasteiger partial charge in [0.15, 0.2) is 5.58 Å². The lowest BCUT2D eigenvalue weighted by Crippen LogP contribution is -2.24. The summed E-state index contributed by atoms with van der Waals surface area (Å²) in [6.45, 7) is 4.73. The number of hydrogen-bond acceptors (Lipinski definition) is 6. The summed E-state index contributed by atoms with van der Waals surface area (Å²) in [5.41, 5.74) is 3.34. The van der Waals surface area contributed by atoms with Gasteiger partial charge in [-0.3, -0.25) is 9.59 Å². The largest absolute Gasteiger partial charge is 0.436 e. The van der Waals surface area contributed by atoms with Crippen LogP contribution in [-0.4, -0.2) is 29.9 Å². The number of amides is 2. The minimum atomic E-state index is -0.311. The molecule has 0 fully saturated rings. The number of para-hydroxylation sites is 1. The van der Waals surface area contributed by atoms with Crippen molar-refractivity contribution in [2.24, 2.45) is 0 Å². The van der Waals surface area contributed by atoms with Crippen molar-refractivity contribution in [3.8, 4) is 11.5 Å². The van der Waals surface area contributed by atoms with E-state index in [1.165, 1.54) is 17.4 Å². The van der Waals surface area contributed by atoms with Crippen LogP contribution in [-0.2, 0) is 4.79 Å². The van der Waals surface area contributed by atoms with E-state index in [0.717, 1.165) is 21.3 Å². The Kier molecular flexibility index (Phi) is 4.06. The standard InChI is InChI=1S/C21H16N4O3S/c1-2-16(26)24-13-4-3-5-14-18(13)25-21(28-14)11-6-7-15-12(10-11)17-19(29-15)20(27)23-9-8-22-17/h2-7,10,22H,1,8-9H2,(H,23,27)(H,24,26). The molecule has 0 spiro atoms. The summed E-state index contributed by atoms with van der Waals surface area (Å²) >= 11 is 1.46. The van der Waals surface area contributed by atoms with Gasteiger partial charge in [0, 0.05) is 28.7 Å². The molecule has 0 saturated heterocycles. The molecular weight excluding hydrogens is 388 g/mol. The predicted octanol–water partition coefficient (Wildman–Crippen LogP) is 3.99. The molecule has 3 heterocycles. The summed E-state index contributed by atoms with van der Waals surface area (Å²) in [6, 6.07) is 11.2. The van der Waals surface area contributed by atoms with E-state index in [1.54, 1.807) is 18.2 Å². The van der Waals surface area contributed by atoms with Gasteiger partial charge in [-0.05, 0) is 36.4 Å². The van der Waals surface area contributed by atoms with Gasteiger partial charge in [0.05, 0.1) is 11.4 Å². The number of anilines is 2. The number of thiophene rings is 1. The van der Waals surface area contributed by atoms with Crippen LogP contribution in [0.2, 0.25) is 0 Å². The van der Waals surface area contributed by atoms with Gasteiger partial charge in [-0.15, -0.1) is 11.3 Å². The van der Waals surface area contributed by atoms with E-state index in [9.17, 15) is 9.59 Å². The SMILES string of the molecule is C=CC(=O)Nc1cccc2oc(-c3ccc4sc5c(c4c3)NCCNC5=O)nc12. The lowest BCUT2D eigenvalue weighted by molar-refractivity contribution is -0.111. The number of carbonyl (C=O) groups excluding carboxylic acids is 2. The molecule has 7 nitrogen and oxygen atoms in total. The maximum Gasteiger partial charge on any atom is 0.263 e. The Morgan fingerprint density at radius 2 is 2.10 bits per heavy atom. The normalized spacial score (nSPS) is 13.4. The number of carbonyl (C=O) groups is 2. The van der Waals surface area contributed by atoms with Gasteiger partial charge in [-0.2, -0.15) is 0 Å².